The summed E-state index contributed by atoms with van der Waals surface area (Å²) in [5.74, 6) is -2.23. The second kappa shape index (κ2) is 5.94. The van der Waals surface area contributed by atoms with Crippen molar-refractivity contribution in [2.24, 2.45) is 11.5 Å². The quantitative estimate of drug-likeness (QED) is 0.371. The highest BCUT2D eigenvalue weighted by molar-refractivity contribution is 7.80. The summed E-state index contributed by atoms with van der Waals surface area (Å²) in [5, 5.41) is 17.3. The van der Waals surface area contributed by atoms with Gasteiger partial charge in [0.15, 0.2) is 0 Å². The Morgan fingerprint density at radius 3 is 2.27 bits per heavy atom. The van der Waals surface area contributed by atoms with E-state index < -0.39 is 23.5 Å². The average Bonchev–Trinajstić information content (AvgIpc) is 2.16. The number of carboxylic acids is 2. The maximum atomic E-state index is 10.7. The van der Waals surface area contributed by atoms with Gasteiger partial charge in [0, 0.05) is 5.75 Å². The molecule has 0 aliphatic rings. The molecule has 0 fully saturated rings. The van der Waals surface area contributed by atoms with Gasteiger partial charge in [-0.05, 0) is 19.3 Å². The first-order valence-corrected chi connectivity index (χ1v) is 5.08. The Bertz CT molecular complexity index is 249. The lowest BCUT2D eigenvalue weighted by Gasteiger charge is -2.22. The van der Waals surface area contributed by atoms with Crippen molar-refractivity contribution in [1.29, 1.82) is 0 Å². The van der Waals surface area contributed by atoms with Gasteiger partial charge in [0.05, 0.1) is 0 Å². The van der Waals surface area contributed by atoms with E-state index in [0.717, 1.165) is 0 Å². The van der Waals surface area contributed by atoms with Gasteiger partial charge in [0.25, 0.3) is 0 Å². The van der Waals surface area contributed by atoms with Crippen LogP contribution in [0.25, 0.3) is 0 Å². The van der Waals surface area contributed by atoms with Crippen LogP contribution in [0.15, 0.2) is 0 Å². The average molecular weight is 236 g/mol. The van der Waals surface area contributed by atoms with Crippen molar-refractivity contribution in [2.75, 3.05) is 5.75 Å². The van der Waals surface area contributed by atoms with E-state index in [1.54, 1.807) is 0 Å². The van der Waals surface area contributed by atoms with E-state index in [2.05, 4.69) is 12.6 Å². The maximum absolute atomic E-state index is 10.7. The van der Waals surface area contributed by atoms with Crippen molar-refractivity contribution >= 4 is 24.6 Å². The molecule has 0 aliphatic heterocycles. The zero-order valence-electron chi connectivity index (χ0n) is 8.22. The highest BCUT2D eigenvalue weighted by Crippen LogP contribution is 2.14. The van der Waals surface area contributed by atoms with E-state index in [1.807, 2.05) is 0 Å². The summed E-state index contributed by atoms with van der Waals surface area (Å²) in [6.07, 6.45) is 0.707. The van der Waals surface area contributed by atoms with E-state index in [1.165, 1.54) is 0 Å². The third-order valence-electron chi connectivity index (χ3n) is 2.16. The van der Waals surface area contributed by atoms with Gasteiger partial charge in [-0.15, -0.1) is 0 Å². The van der Waals surface area contributed by atoms with Crippen molar-refractivity contribution in [3.63, 3.8) is 0 Å². The van der Waals surface area contributed by atoms with Gasteiger partial charge in [-0.2, -0.15) is 12.6 Å². The van der Waals surface area contributed by atoms with E-state index in [4.69, 9.17) is 21.7 Å². The number of hydrogen-bond donors (Lipinski definition) is 5. The Kier molecular flexibility index (Phi) is 5.63. The first kappa shape index (κ1) is 14.2. The molecule has 0 amide bonds. The van der Waals surface area contributed by atoms with Crippen LogP contribution in [0.3, 0.4) is 0 Å². The molecule has 0 aromatic carbocycles. The van der Waals surface area contributed by atoms with Crippen LogP contribution < -0.4 is 11.5 Å². The van der Waals surface area contributed by atoms with Crippen molar-refractivity contribution in [2.45, 2.75) is 30.8 Å². The van der Waals surface area contributed by atoms with Gasteiger partial charge in [-0.3, -0.25) is 9.59 Å². The first-order chi connectivity index (χ1) is 6.83. The molecule has 6 nitrogen and oxygen atoms in total. The Balaban J connectivity index is 4.03. The molecule has 7 heteroatoms. The van der Waals surface area contributed by atoms with Gasteiger partial charge < -0.3 is 21.7 Å². The topological polar surface area (TPSA) is 127 Å². The molecule has 0 spiro atoms. The third-order valence-corrected chi connectivity index (χ3v) is 2.73. The summed E-state index contributed by atoms with van der Waals surface area (Å²) in [6.45, 7) is 0. The fraction of sp³-hybridized carbons (Fsp3) is 0.750. The fourth-order valence-electron chi connectivity index (χ4n) is 1.01. The molecule has 0 aliphatic carbocycles. The van der Waals surface area contributed by atoms with Gasteiger partial charge in [0.2, 0.25) is 0 Å². The fourth-order valence-corrected chi connectivity index (χ4v) is 1.31. The molecule has 88 valence electrons. The predicted molar refractivity (Wildman–Crippen MR) is 57.9 cm³/mol. The van der Waals surface area contributed by atoms with Crippen molar-refractivity contribution in [3.8, 4) is 0 Å². The number of carboxylic acid groups (broad SMARTS) is 2. The van der Waals surface area contributed by atoms with Crippen LogP contribution in [0.1, 0.15) is 19.3 Å². The van der Waals surface area contributed by atoms with Gasteiger partial charge in [-0.1, -0.05) is 0 Å². The lowest BCUT2D eigenvalue weighted by molar-refractivity contribution is -0.142. The third kappa shape index (κ3) is 4.50. The molecule has 15 heavy (non-hydrogen) atoms. The Morgan fingerprint density at radius 2 is 1.93 bits per heavy atom. The molecule has 0 bridgehead atoms. The van der Waals surface area contributed by atoms with Gasteiger partial charge in [0.1, 0.15) is 11.6 Å². The minimum Gasteiger partial charge on any atom is -0.480 e. The standard InChI is InChI=1S/C8H16N2O4S/c9-5(6(11)12)2-1-3-8(10,4-15)7(13)14/h5,15H,1-4,9-10H2,(H,11,12)(H,13,14)/t5-,8+/m0/s1. The molecule has 0 rings (SSSR count). The second-order valence-electron chi connectivity index (χ2n) is 3.46. The minimum atomic E-state index is -1.40. The normalized spacial score (nSPS) is 16.7. The predicted octanol–water partition coefficient (Wildman–Crippen LogP) is -0.719. The molecule has 0 saturated carbocycles. The summed E-state index contributed by atoms with van der Waals surface area (Å²) in [4.78, 5) is 21.1. The highest BCUT2D eigenvalue weighted by atomic mass is 32.1. The van der Waals surface area contributed by atoms with Gasteiger partial charge >= 0.3 is 11.9 Å². The molecular weight excluding hydrogens is 220 g/mol. The first-order valence-electron chi connectivity index (χ1n) is 4.45. The smallest absolute Gasteiger partial charge is 0.324 e. The number of rotatable bonds is 7. The van der Waals surface area contributed by atoms with Crippen LogP contribution in [0.4, 0.5) is 0 Å². The number of aliphatic carboxylic acids is 2. The molecule has 0 radical (unpaired) electrons. The Labute approximate surface area is 93.0 Å². The Hall–Kier alpha value is -0.790. The van der Waals surface area contributed by atoms with Crippen molar-refractivity contribution in [1.82, 2.24) is 0 Å². The van der Waals surface area contributed by atoms with Crippen LogP contribution in [0.5, 0.6) is 0 Å². The number of carbonyl (C=O) groups is 2. The molecule has 0 heterocycles. The summed E-state index contributed by atoms with van der Waals surface area (Å²) in [6, 6.07) is -0.969. The lowest BCUT2D eigenvalue weighted by atomic mass is 9.95. The molecular formula is C8H16N2O4S. The molecule has 0 aromatic rings. The van der Waals surface area contributed by atoms with Crippen molar-refractivity contribution in [3.05, 3.63) is 0 Å². The molecule has 0 aromatic heterocycles. The highest BCUT2D eigenvalue weighted by Gasteiger charge is 2.32. The maximum Gasteiger partial charge on any atom is 0.324 e. The van der Waals surface area contributed by atoms with Gasteiger partial charge in [-0.25, -0.2) is 0 Å². The number of thiol groups is 1. The molecule has 0 saturated heterocycles. The summed E-state index contributed by atoms with van der Waals surface area (Å²) in [5.41, 5.74) is 9.39. The monoisotopic (exact) mass is 236 g/mol. The van der Waals surface area contributed by atoms with E-state index in [-0.39, 0.29) is 18.6 Å². The zero-order valence-corrected chi connectivity index (χ0v) is 9.11. The molecule has 0 unspecified atom stereocenters. The van der Waals surface area contributed by atoms with Crippen LogP contribution in [-0.2, 0) is 9.59 Å². The molecule has 6 N–H and O–H groups in total. The minimum absolute atomic E-state index is 0.00461. The van der Waals surface area contributed by atoms with Crippen LogP contribution >= 0.6 is 12.6 Å². The van der Waals surface area contributed by atoms with E-state index >= 15 is 0 Å². The van der Waals surface area contributed by atoms with E-state index in [0.29, 0.717) is 6.42 Å². The van der Waals surface area contributed by atoms with Crippen molar-refractivity contribution < 1.29 is 19.8 Å². The molecule has 2 atom stereocenters. The van der Waals surface area contributed by atoms with Crippen LogP contribution in [0.2, 0.25) is 0 Å². The zero-order chi connectivity index (χ0) is 12.1. The Morgan fingerprint density at radius 1 is 1.40 bits per heavy atom. The summed E-state index contributed by atoms with van der Waals surface area (Å²) < 4.78 is 0. The lowest BCUT2D eigenvalue weighted by Crippen LogP contribution is -2.50. The number of nitrogens with two attached hydrogens (primary N) is 2. The SMILES string of the molecule is N[C@@H](CCC[C@@](N)(CS)C(=O)O)C(=O)O. The largest absolute Gasteiger partial charge is 0.480 e. The summed E-state index contributed by atoms with van der Waals surface area (Å²) in [7, 11) is 0. The van der Waals surface area contributed by atoms with Crippen LogP contribution in [-0.4, -0.2) is 39.5 Å². The number of hydrogen-bond acceptors (Lipinski definition) is 5. The van der Waals surface area contributed by atoms with Crippen LogP contribution in [0, 0.1) is 0 Å². The second-order valence-corrected chi connectivity index (χ2v) is 3.77. The van der Waals surface area contributed by atoms with E-state index in [9.17, 15) is 9.59 Å². The summed E-state index contributed by atoms with van der Waals surface area (Å²) >= 11 is 3.85.